The molecular weight excluding hydrogens is 209 g/mol. The van der Waals surface area contributed by atoms with E-state index in [1.807, 2.05) is 0 Å². The zero-order valence-electron chi connectivity index (χ0n) is 7.59. The summed E-state index contributed by atoms with van der Waals surface area (Å²) in [6.45, 7) is 1.19. The van der Waals surface area contributed by atoms with E-state index in [2.05, 4.69) is 0 Å². The monoisotopic (exact) mass is 219 g/mol. The summed E-state index contributed by atoms with van der Waals surface area (Å²) in [7, 11) is 0. The van der Waals surface area contributed by atoms with Crippen LogP contribution in [0.25, 0.3) is 0 Å². The standard InChI is InChI=1S/C9H11ClFNO2/c1-4-2-5(11)9(14)7(8(4)10)6(12)3-13/h2,6,13-14H,3,12H2,1H3. The van der Waals surface area contributed by atoms with Crippen LogP contribution in [0.1, 0.15) is 17.2 Å². The summed E-state index contributed by atoms with van der Waals surface area (Å²) >= 11 is 5.83. The van der Waals surface area contributed by atoms with Crippen molar-refractivity contribution >= 4 is 11.6 Å². The molecule has 0 fully saturated rings. The number of aliphatic hydroxyl groups excluding tert-OH is 1. The van der Waals surface area contributed by atoms with Crippen LogP contribution in [-0.4, -0.2) is 16.8 Å². The van der Waals surface area contributed by atoms with Gasteiger partial charge in [0.25, 0.3) is 0 Å². The van der Waals surface area contributed by atoms with Crippen molar-refractivity contribution in [3.05, 3.63) is 28.0 Å². The van der Waals surface area contributed by atoms with Gasteiger partial charge in [0.05, 0.1) is 17.7 Å². The van der Waals surface area contributed by atoms with Crippen LogP contribution in [0.5, 0.6) is 5.75 Å². The van der Waals surface area contributed by atoms with E-state index in [1.165, 1.54) is 0 Å². The molecule has 4 N–H and O–H groups in total. The Bertz CT molecular complexity index is 331. The molecule has 1 atom stereocenters. The third kappa shape index (κ3) is 1.82. The van der Waals surface area contributed by atoms with Gasteiger partial charge in [-0.2, -0.15) is 0 Å². The number of hydrogen-bond acceptors (Lipinski definition) is 3. The number of aromatic hydroxyl groups is 1. The smallest absolute Gasteiger partial charge is 0.165 e. The second kappa shape index (κ2) is 4.13. The lowest BCUT2D eigenvalue weighted by molar-refractivity contribution is 0.264. The summed E-state index contributed by atoms with van der Waals surface area (Å²) < 4.78 is 13.1. The molecule has 0 aliphatic carbocycles. The lowest BCUT2D eigenvalue weighted by Gasteiger charge is -2.14. The molecule has 0 saturated heterocycles. The van der Waals surface area contributed by atoms with Crippen LogP contribution < -0.4 is 5.73 Å². The Hall–Kier alpha value is -0.840. The first-order chi connectivity index (χ1) is 6.49. The molecule has 0 saturated carbocycles. The van der Waals surface area contributed by atoms with Gasteiger partial charge < -0.3 is 15.9 Å². The zero-order chi connectivity index (χ0) is 10.9. The Morgan fingerprint density at radius 1 is 1.64 bits per heavy atom. The minimum atomic E-state index is -0.878. The summed E-state index contributed by atoms with van der Waals surface area (Å²) in [6.07, 6.45) is 0. The molecule has 0 amide bonds. The van der Waals surface area contributed by atoms with Gasteiger partial charge in [-0.25, -0.2) is 4.39 Å². The highest BCUT2D eigenvalue weighted by Gasteiger charge is 2.19. The van der Waals surface area contributed by atoms with E-state index < -0.39 is 24.2 Å². The van der Waals surface area contributed by atoms with E-state index in [1.54, 1.807) is 6.92 Å². The maximum absolute atomic E-state index is 13.1. The Balaban J connectivity index is 3.39. The molecule has 0 aliphatic heterocycles. The maximum Gasteiger partial charge on any atom is 0.165 e. The van der Waals surface area contributed by atoms with Crippen LogP contribution in [0.2, 0.25) is 5.02 Å². The molecule has 0 aromatic heterocycles. The predicted octanol–water partition coefficient (Wildman–Crippen LogP) is 1.49. The summed E-state index contributed by atoms with van der Waals surface area (Å²) in [4.78, 5) is 0. The van der Waals surface area contributed by atoms with Gasteiger partial charge in [-0.3, -0.25) is 0 Å². The molecule has 1 rings (SSSR count). The summed E-state index contributed by atoms with van der Waals surface area (Å²) in [5.74, 6) is -1.38. The van der Waals surface area contributed by atoms with E-state index >= 15 is 0 Å². The molecule has 0 bridgehead atoms. The molecule has 0 heterocycles. The third-order valence-electron chi connectivity index (χ3n) is 1.97. The number of rotatable bonds is 2. The summed E-state index contributed by atoms with van der Waals surface area (Å²) in [6, 6.07) is 0.238. The van der Waals surface area contributed by atoms with E-state index in [0.29, 0.717) is 5.56 Å². The molecule has 5 heteroatoms. The second-order valence-electron chi connectivity index (χ2n) is 3.04. The first-order valence-corrected chi connectivity index (χ1v) is 4.40. The van der Waals surface area contributed by atoms with Crippen molar-refractivity contribution in [3.63, 3.8) is 0 Å². The fraction of sp³-hybridized carbons (Fsp3) is 0.333. The lowest BCUT2D eigenvalue weighted by atomic mass is 10.0. The number of aryl methyl sites for hydroxylation is 1. The fourth-order valence-electron chi connectivity index (χ4n) is 1.20. The van der Waals surface area contributed by atoms with E-state index in [4.69, 9.17) is 22.4 Å². The molecular formula is C9H11ClFNO2. The molecule has 0 spiro atoms. The highest BCUT2D eigenvalue weighted by molar-refractivity contribution is 6.32. The van der Waals surface area contributed by atoms with Crippen molar-refractivity contribution < 1.29 is 14.6 Å². The van der Waals surface area contributed by atoms with Gasteiger partial charge in [-0.05, 0) is 18.6 Å². The Labute approximate surface area is 85.9 Å². The van der Waals surface area contributed by atoms with Gasteiger partial charge in [0.1, 0.15) is 0 Å². The fourth-order valence-corrected chi connectivity index (χ4v) is 1.48. The average Bonchev–Trinajstić information content (AvgIpc) is 2.15. The second-order valence-corrected chi connectivity index (χ2v) is 3.42. The topological polar surface area (TPSA) is 66.5 Å². The number of halogens is 2. The quantitative estimate of drug-likeness (QED) is 0.706. The molecule has 1 unspecified atom stereocenters. The third-order valence-corrected chi connectivity index (χ3v) is 2.48. The number of benzene rings is 1. The van der Waals surface area contributed by atoms with Gasteiger partial charge in [0.2, 0.25) is 0 Å². The molecule has 1 aromatic rings. The van der Waals surface area contributed by atoms with Gasteiger partial charge in [-0.15, -0.1) is 0 Å². The Morgan fingerprint density at radius 2 is 2.21 bits per heavy atom. The number of phenolic OH excluding ortho intramolecular Hbond substituents is 1. The summed E-state index contributed by atoms with van der Waals surface area (Å²) in [5.41, 5.74) is 5.99. The first kappa shape index (κ1) is 11.2. The van der Waals surface area contributed by atoms with Crippen LogP contribution in [0.3, 0.4) is 0 Å². The Morgan fingerprint density at radius 3 is 2.71 bits per heavy atom. The Kier molecular flexibility index (Phi) is 3.31. The van der Waals surface area contributed by atoms with E-state index in [-0.39, 0.29) is 10.6 Å². The average molecular weight is 220 g/mol. The molecule has 0 aliphatic rings. The van der Waals surface area contributed by atoms with Crippen molar-refractivity contribution in [2.24, 2.45) is 5.73 Å². The van der Waals surface area contributed by atoms with Gasteiger partial charge in [0.15, 0.2) is 11.6 Å². The van der Waals surface area contributed by atoms with Crippen molar-refractivity contribution in [3.8, 4) is 5.75 Å². The van der Waals surface area contributed by atoms with Crippen molar-refractivity contribution in [1.82, 2.24) is 0 Å². The van der Waals surface area contributed by atoms with Crippen LogP contribution in [-0.2, 0) is 0 Å². The van der Waals surface area contributed by atoms with E-state index in [9.17, 15) is 9.50 Å². The maximum atomic E-state index is 13.1. The number of aliphatic hydroxyl groups is 1. The number of phenols is 1. The van der Waals surface area contributed by atoms with Gasteiger partial charge >= 0.3 is 0 Å². The van der Waals surface area contributed by atoms with Gasteiger partial charge in [-0.1, -0.05) is 11.6 Å². The van der Waals surface area contributed by atoms with Crippen molar-refractivity contribution in [2.75, 3.05) is 6.61 Å². The normalized spacial score (nSPS) is 12.9. The van der Waals surface area contributed by atoms with Crippen LogP contribution >= 0.6 is 11.6 Å². The van der Waals surface area contributed by atoms with Gasteiger partial charge in [0, 0.05) is 5.56 Å². The number of hydrogen-bond donors (Lipinski definition) is 3. The molecule has 78 valence electrons. The predicted molar refractivity (Wildman–Crippen MR) is 51.8 cm³/mol. The summed E-state index contributed by atoms with van der Waals surface area (Å²) in [5, 5.41) is 18.3. The minimum Gasteiger partial charge on any atom is -0.505 e. The highest BCUT2D eigenvalue weighted by atomic mass is 35.5. The SMILES string of the molecule is Cc1cc(F)c(O)c(C(N)CO)c1Cl. The minimum absolute atomic E-state index is 0.0478. The van der Waals surface area contributed by atoms with Crippen molar-refractivity contribution in [2.45, 2.75) is 13.0 Å². The molecule has 3 nitrogen and oxygen atoms in total. The molecule has 1 aromatic carbocycles. The zero-order valence-corrected chi connectivity index (χ0v) is 8.35. The largest absolute Gasteiger partial charge is 0.505 e. The lowest BCUT2D eigenvalue weighted by Crippen LogP contribution is -2.16. The highest BCUT2D eigenvalue weighted by Crippen LogP contribution is 2.34. The van der Waals surface area contributed by atoms with Crippen LogP contribution in [0.4, 0.5) is 4.39 Å². The van der Waals surface area contributed by atoms with Crippen molar-refractivity contribution in [1.29, 1.82) is 0 Å². The van der Waals surface area contributed by atoms with E-state index in [0.717, 1.165) is 6.07 Å². The molecule has 0 radical (unpaired) electrons. The van der Waals surface area contributed by atoms with Crippen LogP contribution in [0, 0.1) is 12.7 Å². The van der Waals surface area contributed by atoms with Crippen LogP contribution in [0.15, 0.2) is 6.07 Å². The number of nitrogens with two attached hydrogens (primary N) is 1. The first-order valence-electron chi connectivity index (χ1n) is 4.03. The molecule has 14 heavy (non-hydrogen) atoms.